The number of alkyl halides is 1. The highest BCUT2D eigenvalue weighted by Gasteiger charge is 2.33. The largest absolute Gasteiger partial charge is 0.391 e. The molecule has 0 spiro atoms. The standard InChI is InChI=1S/C22H26FN7O3/c1-24-19-10-18(26-15-4-3-9-29(22(15)33)16-5-2-6-17(16)31)28-20-12(11-25-30(19)20)21(32)27-14-8-7-13(14)23/h3-4,9-11,13-14,16-17,24,31H,2,5-8H2,1H3,(H,26,28)(H,27,32)/t13-,14?,16+,17-/m0/s1. The smallest absolute Gasteiger partial charge is 0.274 e. The molecular weight excluding hydrogens is 429 g/mol. The lowest BCUT2D eigenvalue weighted by atomic mass is 9.90. The Morgan fingerprint density at radius 3 is 2.79 bits per heavy atom. The molecule has 1 unspecified atom stereocenters. The summed E-state index contributed by atoms with van der Waals surface area (Å²) in [5.74, 6) is 0.451. The third-order valence-electron chi connectivity index (χ3n) is 6.52. The van der Waals surface area contributed by atoms with Gasteiger partial charge in [-0.25, -0.2) is 9.37 Å². The molecule has 11 heteroatoms. The third-order valence-corrected chi connectivity index (χ3v) is 6.52. The fraction of sp³-hybridized carbons (Fsp3) is 0.455. The van der Waals surface area contributed by atoms with Gasteiger partial charge in [-0.2, -0.15) is 9.61 Å². The molecule has 1 amide bonds. The average Bonchev–Trinajstić information content (AvgIpc) is 3.43. The lowest BCUT2D eigenvalue weighted by Crippen LogP contribution is -2.48. The second kappa shape index (κ2) is 8.47. The summed E-state index contributed by atoms with van der Waals surface area (Å²) in [6.07, 6.45) is 4.83. The number of nitrogens with zero attached hydrogens (tertiary/aromatic N) is 4. The number of carbonyl (C=O) groups excluding carboxylic acids is 1. The van der Waals surface area contributed by atoms with Gasteiger partial charge in [0.2, 0.25) is 0 Å². The molecule has 4 atom stereocenters. The lowest BCUT2D eigenvalue weighted by molar-refractivity contribution is 0.0826. The van der Waals surface area contributed by atoms with Crippen molar-refractivity contribution >= 4 is 28.9 Å². The van der Waals surface area contributed by atoms with Crippen LogP contribution in [0.25, 0.3) is 5.65 Å². The molecule has 33 heavy (non-hydrogen) atoms. The van der Waals surface area contributed by atoms with Gasteiger partial charge in [0.1, 0.15) is 29.1 Å². The van der Waals surface area contributed by atoms with Gasteiger partial charge in [0, 0.05) is 19.3 Å². The topological polar surface area (TPSA) is 126 Å². The molecule has 0 aliphatic heterocycles. The number of fused-ring (bicyclic) bond motifs is 1. The van der Waals surface area contributed by atoms with Crippen LogP contribution in [0, 0.1) is 0 Å². The quantitative estimate of drug-likeness (QED) is 0.448. The van der Waals surface area contributed by atoms with Gasteiger partial charge in [-0.3, -0.25) is 9.59 Å². The summed E-state index contributed by atoms with van der Waals surface area (Å²) in [6.45, 7) is 0. The van der Waals surface area contributed by atoms with E-state index >= 15 is 0 Å². The Morgan fingerprint density at radius 2 is 2.12 bits per heavy atom. The van der Waals surface area contributed by atoms with Crippen molar-refractivity contribution in [2.24, 2.45) is 0 Å². The Morgan fingerprint density at radius 1 is 1.27 bits per heavy atom. The van der Waals surface area contributed by atoms with Gasteiger partial charge >= 0.3 is 0 Å². The number of aliphatic hydroxyl groups is 1. The first-order valence-electron chi connectivity index (χ1n) is 11.1. The van der Waals surface area contributed by atoms with Crippen LogP contribution < -0.4 is 21.5 Å². The number of rotatable bonds is 6. The maximum absolute atomic E-state index is 13.6. The summed E-state index contributed by atoms with van der Waals surface area (Å²) >= 11 is 0. The summed E-state index contributed by atoms with van der Waals surface area (Å²) in [5.41, 5.74) is 0.533. The van der Waals surface area contributed by atoms with Crippen molar-refractivity contribution in [2.45, 2.75) is 56.5 Å². The molecule has 0 saturated heterocycles. The molecule has 2 aliphatic carbocycles. The Kier molecular flexibility index (Phi) is 5.49. The number of amides is 1. The van der Waals surface area contributed by atoms with Crippen molar-refractivity contribution in [2.75, 3.05) is 17.7 Å². The zero-order valence-electron chi connectivity index (χ0n) is 18.2. The van der Waals surface area contributed by atoms with E-state index in [0.717, 1.165) is 12.8 Å². The number of hydrogen-bond donors (Lipinski definition) is 4. The van der Waals surface area contributed by atoms with Crippen molar-refractivity contribution in [3.05, 3.63) is 46.5 Å². The molecule has 10 nitrogen and oxygen atoms in total. The number of nitrogens with one attached hydrogen (secondary N) is 3. The predicted octanol–water partition coefficient (Wildman–Crippen LogP) is 1.99. The maximum Gasteiger partial charge on any atom is 0.274 e. The number of aliphatic hydroxyl groups excluding tert-OH is 1. The highest BCUT2D eigenvalue weighted by molar-refractivity contribution is 6.00. The minimum Gasteiger partial charge on any atom is -0.391 e. The number of pyridine rings is 1. The maximum atomic E-state index is 13.6. The van der Waals surface area contributed by atoms with Gasteiger partial charge in [0.15, 0.2) is 5.65 Å². The molecule has 3 heterocycles. The van der Waals surface area contributed by atoms with Gasteiger partial charge in [-0.1, -0.05) is 0 Å². The first kappa shape index (κ1) is 21.4. The second-order valence-corrected chi connectivity index (χ2v) is 8.57. The lowest BCUT2D eigenvalue weighted by Gasteiger charge is -2.30. The summed E-state index contributed by atoms with van der Waals surface area (Å²) in [5, 5.41) is 23.2. The van der Waals surface area contributed by atoms with Crippen molar-refractivity contribution in [1.29, 1.82) is 0 Å². The zero-order chi connectivity index (χ0) is 23.1. The Labute approximate surface area is 188 Å². The molecule has 4 N–H and O–H groups in total. The molecule has 2 fully saturated rings. The van der Waals surface area contributed by atoms with E-state index in [4.69, 9.17) is 0 Å². The molecule has 2 saturated carbocycles. The number of carbonyl (C=O) groups is 1. The fourth-order valence-electron chi connectivity index (χ4n) is 4.48. The number of halogens is 1. The van der Waals surface area contributed by atoms with E-state index in [2.05, 4.69) is 26.0 Å². The predicted molar refractivity (Wildman–Crippen MR) is 121 cm³/mol. The van der Waals surface area contributed by atoms with E-state index in [1.165, 1.54) is 10.7 Å². The summed E-state index contributed by atoms with van der Waals surface area (Å²) in [7, 11) is 1.71. The highest BCUT2D eigenvalue weighted by Crippen LogP contribution is 2.29. The van der Waals surface area contributed by atoms with E-state index < -0.39 is 24.2 Å². The van der Waals surface area contributed by atoms with Crippen LogP contribution in [0.4, 0.5) is 21.7 Å². The molecule has 0 radical (unpaired) electrons. The van der Waals surface area contributed by atoms with Crippen LogP contribution in [0.3, 0.4) is 0 Å². The van der Waals surface area contributed by atoms with Gasteiger partial charge in [0.05, 0.1) is 24.4 Å². The molecule has 0 bridgehead atoms. The zero-order valence-corrected chi connectivity index (χ0v) is 18.2. The van der Waals surface area contributed by atoms with E-state index in [9.17, 15) is 19.1 Å². The normalized spacial score (nSPS) is 24.5. The fourth-order valence-corrected chi connectivity index (χ4v) is 4.48. The van der Waals surface area contributed by atoms with Crippen LogP contribution in [0.15, 0.2) is 35.4 Å². The van der Waals surface area contributed by atoms with Crippen molar-refractivity contribution in [3.8, 4) is 0 Å². The molecule has 5 rings (SSSR count). The van der Waals surface area contributed by atoms with Crippen molar-refractivity contribution < 1.29 is 14.3 Å². The molecule has 0 aromatic carbocycles. The third kappa shape index (κ3) is 3.82. The van der Waals surface area contributed by atoms with Gasteiger partial charge in [-0.05, 0) is 44.2 Å². The minimum atomic E-state index is -1.03. The van der Waals surface area contributed by atoms with Gasteiger partial charge < -0.3 is 25.6 Å². The molecular formula is C22H26FN7O3. The van der Waals surface area contributed by atoms with E-state index in [-0.39, 0.29) is 22.8 Å². The second-order valence-electron chi connectivity index (χ2n) is 8.57. The van der Waals surface area contributed by atoms with Crippen LogP contribution in [-0.4, -0.2) is 55.5 Å². The summed E-state index contributed by atoms with van der Waals surface area (Å²) in [4.78, 5) is 30.3. The van der Waals surface area contributed by atoms with Crippen LogP contribution in [0.5, 0.6) is 0 Å². The van der Waals surface area contributed by atoms with E-state index in [1.54, 1.807) is 36.0 Å². The Balaban J connectivity index is 1.48. The highest BCUT2D eigenvalue weighted by atomic mass is 19.1. The van der Waals surface area contributed by atoms with E-state index in [0.29, 0.717) is 36.6 Å². The van der Waals surface area contributed by atoms with Crippen molar-refractivity contribution in [3.63, 3.8) is 0 Å². The number of anilines is 3. The molecule has 3 aromatic rings. The first-order chi connectivity index (χ1) is 16.0. The van der Waals surface area contributed by atoms with Crippen LogP contribution in [0.1, 0.15) is 48.5 Å². The number of aromatic nitrogens is 4. The van der Waals surface area contributed by atoms with Crippen LogP contribution in [0.2, 0.25) is 0 Å². The van der Waals surface area contributed by atoms with Gasteiger partial charge in [-0.15, -0.1) is 0 Å². The SMILES string of the molecule is CNc1cc(Nc2cccn([C@@H]3CCC[C@@H]3O)c2=O)nc2c(C(=O)NC3CC[C@@H]3F)cnn12. The molecule has 174 valence electrons. The molecule has 3 aromatic heterocycles. The summed E-state index contributed by atoms with van der Waals surface area (Å²) in [6, 6.07) is 4.32. The van der Waals surface area contributed by atoms with Gasteiger partial charge in [0.25, 0.3) is 11.5 Å². The van der Waals surface area contributed by atoms with Crippen LogP contribution >= 0.6 is 0 Å². The monoisotopic (exact) mass is 455 g/mol. The minimum absolute atomic E-state index is 0.216. The Bertz CT molecular complexity index is 1260. The molecule has 2 aliphatic rings. The number of hydrogen-bond acceptors (Lipinski definition) is 7. The Hall–Kier alpha value is -3.47. The first-order valence-corrected chi connectivity index (χ1v) is 11.1. The summed E-state index contributed by atoms with van der Waals surface area (Å²) < 4.78 is 16.6. The average molecular weight is 455 g/mol. The van der Waals surface area contributed by atoms with Crippen molar-refractivity contribution in [1.82, 2.24) is 24.5 Å². The van der Waals surface area contributed by atoms with Crippen LogP contribution in [-0.2, 0) is 0 Å². The van der Waals surface area contributed by atoms with E-state index in [1.807, 2.05) is 0 Å².